The molecule has 0 atom stereocenters. The SMILES string of the molecule is Cn1c(CNc2cccc(C(F)(F)F)c2F)nc(C(F)(F)F)cc1=O. The van der Waals surface area contributed by atoms with Gasteiger partial charge in [0.1, 0.15) is 5.82 Å². The van der Waals surface area contributed by atoms with Crippen LogP contribution in [0.25, 0.3) is 0 Å². The van der Waals surface area contributed by atoms with Gasteiger partial charge < -0.3 is 5.32 Å². The second-order valence-corrected chi connectivity index (χ2v) is 4.97. The minimum absolute atomic E-state index is 0.286. The molecular formula is C14H10F7N3O. The van der Waals surface area contributed by atoms with Crippen LogP contribution in [0.4, 0.5) is 36.4 Å². The van der Waals surface area contributed by atoms with E-state index >= 15 is 0 Å². The van der Waals surface area contributed by atoms with Crippen LogP contribution in [-0.2, 0) is 25.9 Å². The molecule has 25 heavy (non-hydrogen) atoms. The molecular weight excluding hydrogens is 359 g/mol. The molecule has 0 unspecified atom stereocenters. The maximum absolute atomic E-state index is 13.9. The normalized spacial score (nSPS) is 12.3. The number of nitrogens with one attached hydrogen (secondary N) is 1. The van der Waals surface area contributed by atoms with Gasteiger partial charge in [0.2, 0.25) is 0 Å². The number of hydrogen-bond acceptors (Lipinski definition) is 3. The maximum atomic E-state index is 13.9. The molecule has 0 aliphatic carbocycles. The first-order valence-corrected chi connectivity index (χ1v) is 6.65. The van der Waals surface area contributed by atoms with Gasteiger partial charge in [0, 0.05) is 13.1 Å². The van der Waals surface area contributed by atoms with Crippen molar-refractivity contribution in [3.8, 4) is 0 Å². The van der Waals surface area contributed by atoms with E-state index < -0.39 is 53.0 Å². The summed E-state index contributed by atoms with van der Waals surface area (Å²) in [6.45, 7) is -0.589. The van der Waals surface area contributed by atoms with Gasteiger partial charge >= 0.3 is 12.4 Å². The van der Waals surface area contributed by atoms with Crippen LogP contribution in [0.15, 0.2) is 29.1 Å². The van der Waals surface area contributed by atoms with Gasteiger partial charge in [-0.2, -0.15) is 26.3 Å². The molecule has 11 heteroatoms. The highest BCUT2D eigenvalue weighted by Crippen LogP contribution is 2.34. The lowest BCUT2D eigenvalue weighted by molar-refractivity contribution is -0.141. The first kappa shape index (κ1) is 18.7. The van der Waals surface area contributed by atoms with Gasteiger partial charge in [-0.15, -0.1) is 0 Å². The zero-order valence-corrected chi connectivity index (χ0v) is 12.5. The summed E-state index contributed by atoms with van der Waals surface area (Å²) in [5.41, 5.74) is -4.56. The summed E-state index contributed by atoms with van der Waals surface area (Å²) in [4.78, 5) is 14.8. The molecule has 0 aliphatic rings. The summed E-state index contributed by atoms with van der Waals surface area (Å²) in [5.74, 6) is -2.02. The van der Waals surface area contributed by atoms with Crippen molar-refractivity contribution in [3.05, 3.63) is 57.5 Å². The lowest BCUT2D eigenvalue weighted by Gasteiger charge is -2.15. The zero-order valence-electron chi connectivity index (χ0n) is 12.5. The molecule has 136 valence electrons. The van der Waals surface area contributed by atoms with Gasteiger partial charge in [0.25, 0.3) is 5.56 Å². The van der Waals surface area contributed by atoms with Gasteiger partial charge in [-0.3, -0.25) is 9.36 Å². The minimum atomic E-state index is -4.93. The predicted molar refractivity (Wildman–Crippen MR) is 73.2 cm³/mol. The van der Waals surface area contributed by atoms with Crippen LogP contribution in [0.1, 0.15) is 17.1 Å². The van der Waals surface area contributed by atoms with E-state index in [1.54, 1.807) is 0 Å². The highest BCUT2D eigenvalue weighted by Gasteiger charge is 2.35. The quantitative estimate of drug-likeness (QED) is 0.842. The van der Waals surface area contributed by atoms with Crippen LogP contribution >= 0.6 is 0 Å². The fourth-order valence-electron chi connectivity index (χ4n) is 1.95. The monoisotopic (exact) mass is 369 g/mol. The summed E-state index contributed by atoms with van der Waals surface area (Å²) in [5, 5.41) is 2.22. The Hall–Kier alpha value is -2.59. The van der Waals surface area contributed by atoms with E-state index in [1.165, 1.54) is 0 Å². The number of aromatic nitrogens is 2. The van der Waals surface area contributed by atoms with Crippen molar-refractivity contribution >= 4 is 5.69 Å². The Kier molecular flexibility index (Phi) is 4.78. The van der Waals surface area contributed by atoms with Crippen LogP contribution in [0.2, 0.25) is 0 Å². The number of anilines is 1. The molecule has 0 aliphatic heterocycles. The van der Waals surface area contributed by atoms with Crippen molar-refractivity contribution in [2.75, 3.05) is 5.32 Å². The van der Waals surface area contributed by atoms with Gasteiger partial charge in [-0.05, 0) is 12.1 Å². The van der Waals surface area contributed by atoms with Gasteiger partial charge in [0.15, 0.2) is 11.5 Å². The molecule has 1 aromatic heterocycles. The maximum Gasteiger partial charge on any atom is 0.433 e. The van der Waals surface area contributed by atoms with Gasteiger partial charge in [0.05, 0.1) is 17.8 Å². The summed E-state index contributed by atoms with van der Waals surface area (Å²) < 4.78 is 90.6. The number of halogens is 7. The average molecular weight is 369 g/mol. The highest BCUT2D eigenvalue weighted by molar-refractivity contribution is 5.48. The Balaban J connectivity index is 2.34. The van der Waals surface area contributed by atoms with Gasteiger partial charge in [-0.1, -0.05) is 6.07 Å². The topological polar surface area (TPSA) is 46.9 Å². The lowest BCUT2D eigenvalue weighted by Crippen LogP contribution is -2.27. The lowest BCUT2D eigenvalue weighted by atomic mass is 10.1. The van der Waals surface area contributed by atoms with E-state index in [1.807, 2.05) is 0 Å². The Labute approximate surface area is 135 Å². The Morgan fingerprint density at radius 3 is 2.32 bits per heavy atom. The van der Waals surface area contributed by atoms with Crippen molar-refractivity contribution in [2.24, 2.45) is 7.05 Å². The van der Waals surface area contributed by atoms with E-state index in [0.717, 1.165) is 23.7 Å². The molecule has 4 nitrogen and oxygen atoms in total. The van der Waals surface area contributed by atoms with Crippen molar-refractivity contribution in [2.45, 2.75) is 18.9 Å². The highest BCUT2D eigenvalue weighted by atomic mass is 19.4. The molecule has 0 saturated heterocycles. The van der Waals surface area contributed by atoms with Crippen molar-refractivity contribution in [3.63, 3.8) is 0 Å². The van der Waals surface area contributed by atoms with E-state index in [0.29, 0.717) is 6.07 Å². The number of alkyl halides is 6. The Morgan fingerprint density at radius 2 is 1.76 bits per heavy atom. The Morgan fingerprint density at radius 1 is 1.12 bits per heavy atom. The second kappa shape index (κ2) is 6.37. The number of nitrogens with zero attached hydrogens (tertiary/aromatic N) is 2. The summed E-state index contributed by atoms with van der Waals surface area (Å²) in [7, 11) is 1.13. The number of hydrogen-bond donors (Lipinski definition) is 1. The van der Waals surface area contributed by atoms with Gasteiger partial charge in [-0.25, -0.2) is 9.37 Å². The number of rotatable bonds is 3. The first-order chi connectivity index (χ1) is 11.4. The van der Waals surface area contributed by atoms with Crippen LogP contribution in [0.3, 0.4) is 0 Å². The van der Waals surface area contributed by atoms with Crippen LogP contribution in [0.5, 0.6) is 0 Å². The summed E-state index contributed by atoms with van der Waals surface area (Å²) >= 11 is 0. The molecule has 0 saturated carbocycles. The van der Waals surface area contributed by atoms with Crippen LogP contribution in [-0.4, -0.2) is 9.55 Å². The fraction of sp³-hybridized carbons (Fsp3) is 0.286. The predicted octanol–water partition coefficient (Wildman–Crippen LogP) is 3.57. The van der Waals surface area contributed by atoms with E-state index in [-0.39, 0.29) is 6.07 Å². The molecule has 1 aromatic carbocycles. The summed E-state index contributed by atoms with van der Waals surface area (Å²) in [6, 6.07) is 2.73. The van der Waals surface area contributed by atoms with Crippen molar-refractivity contribution in [1.82, 2.24) is 9.55 Å². The number of benzene rings is 1. The average Bonchev–Trinajstić information content (AvgIpc) is 2.47. The van der Waals surface area contributed by atoms with E-state index in [9.17, 15) is 35.5 Å². The zero-order chi connectivity index (χ0) is 19.0. The Bertz CT molecular complexity index is 840. The van der Waals surface area contributed by atoms with E-state index in [2.05, 4.69) is 10.3 Å². The third kappa shape index (κ3) is 4.09. The van der Waals surface area contributed by atoms with Crippen LogP contribution in [0, 0.1) is 5.82 Å². The standard InChI is InChI=1S/C14H10F7N3O/c1-24-10(23-9(5-11(24)25)14(19,20)21)6-22-8-4-2-3-7(12(8)15)13(16,17)18/h2-5,22H,6H2,1H3. The molecule has 0 bridgehead atoms. The summed E-state index contributed by atoms with van der Waals surface area (Å²) in [6.07, 6.45) is -9.80. The third-order valence-electron chi connectivity index (χ3n) is 3.26. The molecule has 0 radical (unpaired) electrons. The van der Waals surface area contributed by atoms with Crippen LogP contribution < -0.4 is 10.9 Å². The molecule has 2 rings (SSSR count). The third-order valence-corrected chi connectivity index (χ3v) is 3.26. The minimum Gasteiger partial charge on any atom is -0.375 e. The van der Waals surface area contributed by atoms with E-state index in [4.69, 9.17) is 0 Å². The molecule has 0 amide bonds. The smallest absolute Gasteiger partial charge is 0.375 e. The fourth-order valence-corrected chi connectivity index (χ4v) is 1.95. The second-order valence-electron chi connectivity index (χ2n) is 4.97. The first-order valence-electron chi connectivity index (χ1n) is 6.65. The molecule has 0 spiro atoms. The molecule has 2 aromatic rings. The molecule has 1 heterocycles. The largest absolute Gasteiger partial charge is 0.433 e. The van der Waals surface area contributed by atoms with Crippen molar-refractivity contribution in [1.29, 1.82) is 0 Å². The molecule has 0 fully saturated rings. The van der Waals surface area contributed by atoms with Crippen molar-refractivity contribution < 1.29 is 30.7 Å². The molecule has 1 N–H and O–H groups in total.